The molecule has 104 valence electrons. The first-order chi connectivity index (χ1) is 9.08. The predicted molar refractivity (Wildman–Crippen MR) is 83.6 cm³/mol. The molecule has 2 aromatic rings. The average molecular weight is 299 g/mol. The summed E-state index contributed by atoms with van der Waals surface area (Å²) in [4.78, 5) is 4.67. The third-order valence-electron chi connectivity index (χ3n) is 3.13. The molecule has 0 saturated carbocycles. The Morgan fingerprint density at radius 1 is 1.42 bits per heavy atom. The van der Waals surface area contributed by atoms with Gasteiger partial charge >= 0.3 is 0 Å². The molecule has 0 aliphatic heterocycles. The van der Waals surface area contributed by atoms with Gasteiger partial charge in [0.2, 0.25) is 0 Å². The third-order valence-corrected chi connectivity index (χ3v) is 4.14. The van der Waals surface area contributed by atoms with E-state index in [2.05, 4.69) is 28.8 Å². The number of aromatic nitrogens is 2. The topological polar surface area (TPSA) is 27.1 Å². The zero-order valence-electron chi connectivity index (χ0n) is 11.7. The number of thioether (sulfide) groups is 1. The summed E-state index contributed by atoms with van der Waals surface area (Å²) in [5.74, 6) is 2.78. The van der Waals surface area contributed by atoms with Gasteiger partial charge in [0, 0.05) is 17.9 Å². The normalized spacial score (nSPS) is 14.6. The molecule has 3 nitrogen and oxygen atoms in total. The molecule has 0 saturated heterocycles. The Kier molecular flexibility index (Phi) is 4.63. The molecule has 0 aliphatic carbocycles. The standard InChI is InChI=1S/C14H19ClN2OS/c1-9(8-19-4)17-13-6-5-11(18-3)7-12(13)16-14(17)10(2)15/h5-7,9-10H,8H2,1-4H3. The van der Waals surface area contributed by atoms with Crippen LogP contribution >= 0.6 is 23.4 Å². The summed E-state index contributed by atoms with van der Waals surface area (Å²) in [7, 11) is 1.67. The number of nitrogens with zero attached hydrogens (tertiary/aromatic N) is 2. The highest BCUT2D eigenvalue weighted by Crippen LogP contribution is 2.30. The first kappa shape index (κ1) is 14.5. The first-order valence-corrected chi connectivity index (χ1v) is 8.10. The van der Waals surface area contributed by atoms with E-state index in [1.807, 2.05) is 30.8 Å². The van der Waals surface area contributed by atoms with Gasteiger partial charge in [-0.2, -0.15) is 11.8 Å². The minimum absolute atomic E-state index is 0.109. The van der Waals surface area contributed by atoms with Gasteiger partial charge in [-0.1, -0.05) is 0 Å². The summed E-state index contributed by atoms with van der Waals surface area (Å²) in [6.45, 7) is 4.16. The minimum Gasteiger partial charge on any atom is -0.497 e. The fourth-order valence-corrected chi connectivity index (χ4v) is 3.07. The lowest BCUT2D eigenvalue weighted by molar-refractivity contribution is 0.415. The number of methoxy groups -OCH3 is 1. The number of halogens is 1. The van der Waals surface area contributed by atoms with E-state index in [4.69, 9.17) is 16.3 Å². The highest BCUT2D eigenvalue weighted by Gasteiger charge is 2.19. The van der Waals surface area contributed by atoms with E-state index in [-0.39, 0.29) is 5.38 Å². The molecular weight excluding hydrogens is 280 g/mol. The summed E-state index contributed by atoms with van der Waals surface area (Å²) >= 11 is 8.10. The second-order valence-corrected chi connectivity index (χ2v) is 6.18. The highest BCUT2D eigenvalue weighted by molar-refractivity contribution is 7.98. The van der Waals surface area contributed by atoms with Crippen molar-refractivity contribution in [2.45, 2.75) is 25.3 Å². The Labute approximate surface area is 123 Å². The Bertz CT molecular complexity index is 568. The van der Waals surface area contributed by atoms with Crippen LogP contribution in [0.5, 0.6) is 5.75 Å². The lowest BCUT2D eigenvalue weighted by Gasteiger charge is -2.17. The van der Waals surface area contributed by atoms with Gasteiger partial charge in [-0.05, 0) is 32.2 Å². The molecule has 2 atom stereocenters. The van der Waals surface area contributed by atoms with Gasteiger partial charge in [0.25, 0.3) is 0 Å². The van der Waals surface area contributed by atoms with Crippen LogP contribution in [0, 0.1) is 0 Å². The predicted octanol–water partition coefficient (Wildman–Crippen LogP) is 4.27. The number of fused-ring (bicyclic) bond motifs is 1. The van der Waals surface area contributed by atoms with Crippen molar-refractivity contribution in [1.82, 2.24) is 9.55 Å². The monoisotopic (exact) mass is 298 g/mol. The molecule has 0 fully saturated rings. The lowest BCUT2D eigenvalue weighted by atomic mass is 10.2. The second kappa shape index (κ2) is 6.06. The number of alkyl halides is 1. The molecule has 5 heteroatoms. The highest BCUT2D eigenvalue weighted by atomic mass is 35.5. The van der Waals surface area contributed by atoms with Gasteiger partial charge in [-0.15, -0.1) is 11.6 Å². The van der Waals surface area contributed by atoms with E-state index in [0.29, 0.717) is 6.04 Å². The quantitative estimate of drug-likeness (QED) is 0.771. The zero-order valence-corrected chi connectivity index (χ0v) is 13.3. The third kappa shape index (κ3) is 2.84. The maximum Gasteiger partial charge on any atom is 0.127 e. The summed E-state index contributed by atoms with van der Waals surface area (Å²) in [6.07, 6.45) is 2.11. The van der Waals surface area contributed by atoms with Crippen LogP contribution in [-0.4, -0.2) is 28.7 Å². The van der Waals surface area contributed by atoms with Gasteiger partial charge in [-0.3, -0.25) is 0 Å². The van der Waals surface area contributed by atoms with Crippen LogP contribution in [0.25, 0.3) is 11.0 Å². The fourth-order valence-electron chi connectivity index (χ4n) is 2.28. The Balaban J connectivity index is 2.60. The van der Waals surface area contributed by atoms with Crippen molar-refractivity contribution in [3.05, 3.63) is 24.0 Å². The molecule has 1 heterocycles. The average Bonchev–Trinajstić information content (AvgIpc) is 2.77. The molecule has 19 heavy (non-hydrogen) atoms. The maximum absolute atomic E-state index is 6.28. The van der Waals surface area contributed by atoms with E-state index in [1.165, 1.54) is 0 Å². The Hall–Kier alpha value is -0.870. The van der Waals surface area contributed by atoms with Crippen molar-refractivity contribution < 1.29 is 4.74 Å². The van der Waals surface area contributed by atoms with Crippen molar-refractivity contribution in [3.63, 3.8) is 0 Å². The van der Waals surface area contributed by atoms with Crippen LogP contribution < -0.4 is 4.74 Å². The van der Waals surface area contributed by atoms with Crippen molar-refractivity contribution in [2.75, 3.05) is 19.1 Å². The fraction of sp³-hybridized carbons (Fsp3) is 0.500. The summed E-state index contributed by atoms with van der Waals surface area (Å²) in [6, 6.07) is 6.35. The second-order valence-electron chi connectivity index (χ2n) is 4.62. The number of imidazole rings is 1. The Morgan fingerprint density at radius 3 is 2.74 bits per heavy atom. The van der Waals surface area contributed by atoms with Crippen LogP contribution in [0.15, 0.2) is 18.2 Å². The molecule has 2 rings (SSSR count). The molecule has 1 aromatic heterocycles. The van der Waals surface area contributed by atoms with Crippen molar-refractivity contribution >= 4 is 34.4 Å². The van der Waals surface area contributed by atoms with E-state index < -0.39 is 0 Å². The summed E-state index contributed by atoms with van der Waals surface area (Å²) in [5.41, 5.74) is 2.06. The maximum atomic E-state index is 6.28. The SMILES string of the molecule is COc1ccc2c(c1)nc(C(C)Cl)n2C(C)CSC. The van der Waals surface area contributed by atoms with E-state index in [9.17, 15) is 0 Å². The van der Waals surface area contributed by atoms with Crippen LogP contribution in [-0.2, 0) is 0 Å². The molecule has 0 radical (unpaired) electrons. The number of hydrogen-bond donors (Lipinski definition) is 0. The first-order valence-electron chi connectivity index (χ1n) is 6.27. The number of hydrogen-bond acceptors (Lipinski definition) is 3. The summed E-state index contributed by atoms with van der Waals surface area (Å²) < 4.78 is 7.49. The number of rotatable bonds is 5. The zero-order chi connectivity index (χ0) is 14.0. The molecule has 0 N–H and O–H groups in total. The van der Waals surface area contributed by atoms with Gasteiger partial charge in [0.1, 0.15) is 11.6 Å². The molecular formula is C14H19ClN2OS. The van der Waals surface area contributed by atoms with Crippen LogP contribution in [0.2, 0.25) is 0 Å². The van der Waals surface area contributed by atoms with E-state index in [0.717, 1.165) is 28.4 Å². The minimum atomic E-state index is -0.109. The van der Waals surface area contributed by atoms with Gasteiger partial charge in [0.05, 0.1) is 23.5 Å². The molecule has 0 spiro atoms. The van der Waals surface area contributed by atoms with Gasteiger partial charge in [-0.25, -0.2) is 4.98 Å². The van der Waals surface area contributed by atoms with Crippen LogP contribution in [0.4, 0.5) is 0 Å². The molecule has 0 bridgehead atoms. The van der Waals surface area contributed by atoms with E-state index in [1.54, 1.807) is 7.11 Å². The molecule has 1 aromatic carbocycles. The largest absolute Gasteiger partial charge is 0.497 e. The molecule has 0 amide bonds. The van der Waals surface area contributed by atoms with Crippen molar-refractivity contribution in [2.24, 2.45) is 0 Å². The lowest BCUT2D eigenvalue weighted by Crippen LogP contribution is -2.11. The Morgan fingerprint density at radius 2 is 2.16 bits per heavy atom. The van der Waals surface area contributed by atoms with Crippen molar-refractivity contribution in [1.29, 1.82) is 0 Å². The van der Waals surface area contributed by atoms with Crippen molar-refractivity contribution in [3.8, 4) is 5.75 Å². The molecule has 2 unspecified atom stereocenters. The van der Waals surface area contributed by atoms with Crippen LogP contribution in [0.3, 0.4) is 0 Å². The summed E-state index contributed by atoms with van der Waals surface area (Å²) in [5, 5.41) is -0.109. The van der Waals surface area contributed by atoms with Gasteiger partial charge < -0.3 is 9.30 Å². The van der Waals surface area contributed by atoms with Crippen LogP contribution in [0.1, 0.15) is 31.1 Å². The van der Waals surface area contributed by atoms with Gasteiger partial charge in [0.15, 0.2) is 0 Å². The molecule has 0 aliphatic rings. The smallest absolute Gasteiger partial charge is 0.127 e. The van der Waals surface area contributed by atoms with E-state index >= 15 is 0 Å². The number of ether oxygens (including phenoxy) is 1. The number of benzene rings is 1.